The summed E-state index contributed by atoms with van der Waals surface area (Å²) < 4.78 is 16.3. The van der Waals surface area contributed by atoms with Crippen molar-refractivity contribution in [2.45, 2.75) is 12.5 Å². The second-order valence-electron chi connectivity index (χ2n) is 5.76. The average molecular weight is 357 g/mol. The van der Waals surface area contributed by atoms with Gasteiger partial charge in [0.15, 0.2) is 11.5 Å². The van der Waals surface area contributed by atoms with Crippen molar-refractivity contribution in [2.24, 2.45) is 0 Å². The quantitative estimate of drug-likeness (QED) is 0.820. The molecule has 2 N–H and O–H groups in total. The fraction of sp³-hybridized carbons (Fsp3) is 0.263. The zero-order valence-corrected chi connectivity index (χ0v) is 14.2. The molecule has 1 atom stereocenters. The Balaban J connectivity index is 1.80. The molecule has 1 aliphatic heterocycles. The molecule has 0 saturated carbocycles. The van der Waals surface area contributed by atoms with E-state index >= 15 is 0 Å². The summed E-state index contributed by atoms with van der Waals surface area (Å²) in [6.45, 7) is 0.764. The molecule has 0 fully saturated rings. The number of aliphatic carboxylic acids is 1. The smallest absolute Gasteiger partial charge is 0.326 e. The number of nitrogens with one attached hydrogen (secondary N) is 1. The van der Waals surface area contributed by atoms with Crippen LogP contribution < -0.4 is 19.5 Å². The summed E-state index contributed by atoms with van der Waals surface area (Å²) in [5.41, 5.74) is 1.06. The molecular weight excluding hydrogens is 338 g/mol. The van der Waals surface area contributed by atoms with Crippen LogP contribution in [0.25, 0.3) is 0 Å². The molecule has 1 unspecified atom stereocenters. The maximum Gasteiger partial charge on any atom is 0.326 e. The van der Waals surface area contributed by atoms with Crippen LogP contribution >= 0.6 is 0 Å². The van der Waals surface area contributed by atoms with Gasteiger partial charge >= 0.3 is 5.97 Å². The van der Waals surface area contributed by atoms with Gasteiger partial charge in [0.25, 0.3) is 5.91 Å². The monoisotopic (exact) mass is 357 g/mol. The highest BCUT2D eigenvalue weighted by Gasteiger charge is 2.24. The van der Waals surface area contributed by atoms with Crippen LogP contribution in [0.15, 0.2) is 42.5 Å². The minimum absolute atomic E-state index is 0.184. The second-order valence-corrected chi connectivity index (χ2v) is 5.76. The third-order valence-corrected chi connectivity index (χ3v) is 3.98. The van der Waals surface area contributed by atoms with Crippen LogP contribution in [0.5, 0.6) is 17.2 Å². The highest BCUT2D eigenvalue weighted by atomic mass is 16.6. The fourth-order valence-electron chi connectivity index (χ4n) is 2.70. The fourth-order valence-corrected chi connectivity index (χ4v) is 2.70. The van der Waals surface area contributed by atoms with Crippen LogP contribution in [0.3, 0.4) is 0 Å². The molecule has 2 aromatic carbocycles. The summed E-state index contributed by atoms with van der Waals surface area (Å²) in [7, 11) is 1.46. The number of carboxylic acid groups (broad SMARTS) is 1. The van der Waals surface area contributed by atoms with Crippen LogP contribution in [0.4, 0.5) is 0 Å². The summed E-state index contributed by atoms with van der Waals surface area (Å²) in [5.74, 6) is -0.428. The highest BCUT2D eigenvalue weighted by molar-refractivity contribution is 5.97. The van der Waals surface area contributed by atoms with Gasteiger partial charge < -0.3 is 24.6 Å². The SMILES string of the molecule is COc1cc(C(=O)NC(Cc2ccccc2)C(=O)O)cc2c1OCCO2. The molecule has 0 aliphatic carbocycles. The van der Waals surface area contributed by atoms with Crippen molar-refractivity contribution >= 4 is 11.9 Å². The Morgan fingerprint density at radius 2 is 1.92 bits per heavy atom. The molecule has 1 aliphatic rings. The molecule has 0 bridgehead atoms. The molecule has 0 radical (unpaired) electrons. The first-order valence-corrected chi connectivity index (χ1v) is 8.13. The number of carbonyl (C=O) groups excluding carboxylic acids is 1. The Morgan fingerprint density at radius 1 is 1.19 bits per heavy atom. The summed E-state index contributed by atoms with van der Waals surface area (Å²) in [6, 6.07) is 11.1. The van der Waals surface area contributed by atoms with Gasteiger partial charge in [-0.3, -0.25) is 4.79 Å². The van der Waals surface area contributed by atoms with E-state index in [4.69, 9.17) is 14.2 Å². The Morgan fingerprint density at radius 3 is 2.62 bits per heavy atom. The zero-order valence-electron chi connectivity index (χ0n) is 14.2. The lowest BCUT2D eigenvalue weighted by molar-refractivity contribution is -0.139. The van der Waals surface area contributed by atoms with Crippen molar-refractivity contribution in [3.05, 3.63) is 53.6 Å². The van der Waals surface area contributed by atoms with Crippen LogP contribution in [-0.4, -0.2) is 43.3 Å². The lowest BCUT2D eigenvalue weighted by Gasteiger charge is -2.22. The maximum atomic E-state index is 12.6. The molecular formula is C19H19NO6. The van der Waals surface area contributed by atoms with Gasteiger partial charge in [0, 0.05) is 12.0 Å². The Labute approximate surface area is 150 Å². The first kappa shape index (κ1) is 17.6. The van der Waals surface area contributed by atoms with E-state index in [1.807, 2.05) is 30.3 Å². The Hall–Kier alpha value is -3.22. The zero-order chi connectivity index (χ0) is 18.5. The first-order chi connectivity index (χ1) is 12.6. The number of amides is 1. The van der Waals surface area contributed by atoms with E-state index in [-0.39, 0.29) is 12.0 Å². The number of methoxy groups -OCH3 is 1. The van der Waals surface area contributed by atoms with Gasteiger partial charge in [0.2, 0.25) is 5.75 Å². The van der Waals surface area contributed by atoms with Crippen molar-refractivity contribution in [1.29, 1.82) is 0 Å². The number of hydrogen-bond acceptors (Lipinski definition) is 5. The van der Waals surface area contributed by atoms with Crippen LogP contribution in [-0.2, 0) is 11.2 Å². The molecule has 0 aromatic heterocycles. The summed E-state index contributed by atoms with van der Waals surface area (Å²) in [5, 5.41) is 12.0. The Kier molecular flexibility index (Phi) is 5.26. The van der Waals surface area contributed by atoms with Crippen molar-refractivity contribution < 1.29 is 28.9 Å². The first-order valence-electron chi connectivity index (χ1n) is 8.13. The number of benzene rings is 2. The van der Waals surface area contributed by atoms with E-state index in [0.717, 1.165) is 5.56 Å². The minimum Gasteiger partial charge on any atom is -0.493 e. The predicted molar refractivity (Wildman–Crippen MR) is 93.0 cm³/mol. The number of rotatable bonds is 6. The molecule has 26 heavy (non-hydrogen) atoms. The second kappa shape index (κ2) is 7.77. The molecule has 3 rings (SSSR count). The third kappa shape index (κ3) is 3.88. The number of carboxylic acids is 1. The van der Waals surface area contributed by atoms with E-state index in [9.17, 15) is 14.7 Å². The standard InChI is InChI=1S/C19H19NO6/c1-24-15-10-13(11-16-17(15)26-8-7-25-16)18(21)20-14(19(22)23)9-12-5-3-2-4-6-12/h2-6,10-11,14H,7-9H2,1H3,(H,20,21)(H,22,23). The lowest BCUT2D eigenvalue weighted by atomic mass is 10.1. The number of carbonyl (C=O) groups is 2. The van der Waals surface area contributed by atoms with Crippen molar-refractivity contribution in [1.82, 2.24) is 5.32 Å². The number of hydrogen-bond donors (Lipinski definition) is 2. The highest BCUT2D eigenvalue weighted by Crippen LogP contribution is 2.40. The summed E-state index contributed by atoms with van der Waals surface area (Å²) in [4.78, 5) is 24.1. The van der Waals surface area contributed by atoms with Gasteiger partial charge in [-0.15, -0.1) is 0 Å². The van der Waals surface area contributed by atoms with Gasteiger partial charge in [-0.05, 0) is 17.7 Å². The molecule has 1 heterocycles. The predicted octanol–water partition coefficient (Wildman–Crippen LogP) is 1.89. The van der Waals surface area contributed by atoms with Gasteiger partial charge in [-0.1, -0.05) is 30.3 Å². The molecule has 0 saturated heterocycles. The van der Waals surface area contributed by atoms with E-state index in [1.54, 1.807) is 0 Å². The third-order valence-electron chi connectivity index (χ3n) is 3.98. The molecule has 7 nitrogen and oxygen atoms in total. The van der Waals surface area contributed by atoms with E-state index in [1.165, 1.54) is 19.2 Å². The van der Waals surface area contributed by atoms with Crippen LogP contribution in [0, 0.1) is 0 Å². The lowest BCUT2D eigenvalue weighted by Crippen LogP contribution is -2.42. The van der Waals surface area contributed by atoms with Crippen molar-refractivity contribution in [3.63, 3.8) is 0 Å². The normalized spacial score (nSPS) is 13.6. The molecule has 136 valence electrons. The Bertz CT molecular complexity index is 788. The maximum absolute atomic E-state index is 12.6. The van der Waals surface area contributed by atoms with Crippen molar-refractivity contribution in [3.8, 4) is 17.2 Å². The number of fused-ring (bicyclic) bond motifs is 1. The molecule has 0 spiro atoms. The van der Waals surface area contributed by atoms with Gasteiger partial charge in [-0.2, -0.15) is 0 Å². The molecule has 7 heteroatoms. The summed E-state index contributed by atoms with van der Waals surface area (Å²) in [6.07, 6.45) is 0.184. The van der Waals surface area contributed by atoms with Crippen LogP contribution in [0.1, 0.15) is 15.9 Å². The van der Waals surface area contributed by atoms with Crippen LogP contribution in [0.2, 0.25) is 0 Å². The largest absolute Gasteiger partial charge is 0.493 e. The van der Waals surface area contributed by atoms with E-state index < -0.39 is 17.9 Å². The molecule has 2 aromatic rings. The van der Waals surface area contributed by atoms with E-state index in [0.29, 0.717) is 30.5 Å². The average Bonchev–Trinajstić information content (AvgIpc) is 2.67. The van der Waals surface area contributed by atoms with Crippen molar-refractivity contribution in [2.75, 3.05) is 20.3 Å². The van der Waals surface area contributed by atoms with E-state index in [2.05, 4.69) is 5.32 Å². The number of ether oxygens (including phenoxy) is 3. The van der Waals surface area contributed by atoms with Gasteiger partial charge in [-0.25, -0.2) is 4.79 Å². The molecule has 1 amide bonds. The van der Waals surface area contributed by atoms with Gasteiger partial charge in [0.05, 0.1) is 7.11 Å². The topological polar surface area (TPSA) is 94.1 Å². The van der Waals surface area contributed by atoms with Gasteiger partial charge in [0.1, 0.15) is 19.3 Å². The summed E-state index contributed by atoms with van der Waals surface area (Å²) >= 11 is 0. The minimum atomic E-state index is -1.10.